The smallest absolute Gasteiger partial charge is 0.139 e. The van der Waals surface area contributed by atoms with Gasteiger partial charge >= 0.3 is 0 Å². The van der Waals surface area contributed by atoms with Crippen molar-refractivity contribution in [1.82, 2.24) is 14.9 Å². The Morgan fingerprint density at radius 1 is 1.15 bits per heavy atom. The molecule has 7 heteroatoms. The number of pyridine rings is 1. The standard InChI is InChI=1S/C26H27N5O.ClH/c1-18-13-19-14-21(5-6-23(19)29-18)30-24-7-8-28-25-16-26(20(17-27)15-22(24)25)32-12-4-11-31-9-2-3-10-31;/h5-8,13-16,29H,2-4,9-12H2,1H3,(H,28,30);1H. The van der Waals surface area contributed by atoms with Crippen LogP contribution in [-0.4, -0.2) is 41.1 Å². The molecule has 0 radical (unpaired) electrons. The van der Waals surface area contributed by atoms with Crippen LogP contribution in [0.4, 0.5) is 11.4 Å². The maximum atomic E-state index is 9.73. The third kappa shape index (κ3) is 5.05. The number of nitrogens with one attached hydrogen (secondary N) is 2. The number of aromatic nitrogens is 2. The van der Waals surface area contributed by atoms with E-state index in [4.69, 9.17) is 4.74 Å². The first-order valence-electron chi connectivity index (χ1n) is 11.2. The van der Waals surface area contributed by atoms with Crippen molar-refractivity contribution >= 4 is 45.6 Å². The molecule has 0 bridgehead atoms. The molecule has 1 aliphatic heterocycles. The molecule has 170 valence electrons. The van der Waals surface area contributed by atoms with Crippen LogP contribution in [0.1, 0.15) is 30.5 Å². The van der Waals surface area contributed by atoms with E-state index >= 15 is 0 Å². The number of rotatable bonds is 7. The van der Waals surface area contributed by atoms with E-state index in [0.717, 1.165) is 51.8 Å². The maximum Gasteiger partial charge on any atom is 0.139 e. The van der Waals surface area contributed by atoms with Gasteiger partial charge in [0.2, 0.25) is 0 Å². The quantitative estimate of drug-likeness (QED) is 0.334. The average molecular weight is 462 g/mol. The first kappa shape index (κ1) is 22.9. The highest BCUT2D eigenvalue weighted by molar-refractivity contribution is 5.95. The maximum absolute atomic E-state index is 9.73. The van der Waals surface area contributed by atoms with Gasteiger partial charge in [0.15, 0.2) is 0 Å². The summed E-state index contributed by atoms with van der Waals surface area (Å²) < 4.78 is 5.99. The van der Waals surface area contributed by atoms with E-state index in [0.29, 0.717) is 17.9 Å². The molecular weight excluding hydrogens is 434 g/mol. The van der Waals surface area contributed by atoms with Crippen molar-refractivity contribution in [3.63, 3.8) is 0 Å². The van der Waals surface area contributed by atoms with Crippen molar-refractivity contribution in [2.24, 2.45) is 0 Å². The van der Waals surface area contributed by atoms with E-state index < -0.39 is 0 Å². The second-order valence-electron chi connectivity index (χ2n) is 8.47. The largest absolute Gasteiger partial charge is 0.492 e. The van der Waals surface area contributed by atoms with Gasteiger partial charge in [0.25, 0.3) is 0 Å². The number of hydrogen-bond acceptors (Lipinski definition) is 5. The molecule has 1 fully saturated rings. The first-order chi connectivity index (χ1) is 15.7. The molecule has 0 saturated carbocycles. The lowest BCUT2D eigenvalue weighted by molar-refractivity contribution is 0.263. The van der Waals surface area contributed by atoms with Crippen LogP contribution in [0, 0.1) is 18.3 Å². The fraction of sp³-hybridized carbons (Fsp3) is 0.308. The van der Waals surface area contributed by atoms with Crippen LogP contribution >= 0.6 is 12.4 Å². The molecule has 0 aliphatic carbocycles. The van der Waals surface area contributed by atoms with Gasteiger partial charge in [-0.15, -0.1) is 12.4 Å². The normalized spacial score (nSPS) is 13.7. The highest BCUT2D eigenvalue weighted by atomic mass is 35.5. The third-order valence-corrected chi connectivity index (χ3v) is 6.07. The van der Waals surface area contributed by atoms with Gasteiger partial charge in [0, 0.05) is 52.2 Å². The zero-order valence-electron chi connectivity index (χ0n) is 18.7. The second kappa shape index (κ2) is 10.1. The molecule has 6 nitrogen and oxygen atoms in total. The molecule has 4 aromatic rings. The number of nitriles is 1. The summed E-state index contributed by atoms with van der Waals surface area (Å²) in [5.41, 5.74) is 5.50. The third-order valence-electron chi connectivity index (χ3n) is 6.07. The number of aromatic amines is 1. The number of likely N-dealkylation sites (tertiary alicyclic amines) is 1. The second-order valence-corrected chi connectivity index (χ2v) is 8.47. The molecule has 33 heavy (non-hydrogen) atoms. The number of aryl methyl sites for hydroxylation is 1. The van der Waals surface area contributed by atoms with Gasteiger partial charge < -0.3 is 19.9 Å². The van der Waals surface area contributed by atoms with Gasteiger partial charge in [0.1, 0.15) is 11.8 Å². The predicted molar refractivity (Wildman–Crippen MR) is 136 cm³/mol. The summed E-state index contributed by atoms with van der Waals surface area (Å²) in [6.07, 6.45) is 5.33. The molecule has 1 aliphatic rings. The molecule has 3 heterocycles. The molecule has 1 saturated heterocycles. The number of halogens is 1. The van der Waals surface area contributed by atoms with Crippen LogP contribution < -0.4 is 10.1 Å². The molecule has 0 unspecified atom stereocenters. The molecule has 5 rings (SSSR count). The van der Waals surface area contributed by atoms with E-state index in [1.54, 1.807) is 6.20 Å². The first-order valence-corrected chi connectivity index (χ1v) is 11.2. The minimum atomic E-state index is 0. The lowest BCUT2D eigenvalue weighted by Gasteiger charge is -2.15. The Morgan fingerprint density at radius 2 is 2.00 bits per heavy atom. The fourth-order valence-corrected chi connectivity index (χ4v) is 4.48. The monoisotopic (exact) mass is 461 g/mol. The van der Waals surface area contributed by atoms with Crippen molar-refractivity contribution in [3.05, 3.63) is 59.9 Å². The molecule has 0 atom stereocenters. The van der Waals surface area contributed by atoms with E-state index in [1.165, 1.54) is 25.9 Å². The van der Waals surface area contributed by atoms with Crippen LogP contribution in [-0.2, 0) is 0 Å². The SMILES string of the molecule is Cc1cc2cc(Nc3ccnc4cc(OCCCN5CCCC5)c(C#N)cc34)ccc2[nH]1.Cl. The van der Waals surface area contributed by atoms with Gasteiger partial charge in [0.05, 0.1) is 17.7 Å². The minimum absolute atomic E-state index is 0. The number of ether oxygens (including phenoxy) is 1. The van der Waals surface area contributed by atoms with Crippen LogP contribution in [0.15, 0.2) is 48.7 Å². The molecular formula is C26H28ClN5O. The van der Waals surface area contributed by atoms with Crippen molar-refractivity contribution in [2.45, 2.75) is 26.2 Å². The molecule has 0 spiro atoms. The van der Waals surface area contributed by atoms with E-state index in [-0.39, 0.29) is 12.4 Å². The Kier molecular flexibility index (Phi) is 7.02. The van der Waals surface area contributed by atoms with Gasteiger partial charge in [-0.3, -0.25) is 4.98 Å². The summed E-state index contributed by atoms with van der Waals surface area (Å²) in [6, 6.07) is 16.4. The highest BCUT2D eigenvalue weighted by Crippen LogP contribution is 2.31. The van der Waals surface area contributed by atoms with Gasteiger partial charge in [-0.05, 0) is 75.7 Å². The van der Waals surface area contributed by atoms with Gasteiger partial charge in [-0.25, -0.2) is 0 Å². The fourth-order valence-electron chi connectivity index (χ4n) is 4.48. The van der Waals surface area contributed by atoms with Crippen LogP contribution in [0.25, 0.3) is 21.8 Å². The summed E-state index contributed by atoms with van der Waals surface area (Å²) in [4.78, 5) is 10.3. The van der Waals surface area contributed by atoms with Crippen LogP contribution in [0.2, 0.25) is 0 Å². The Bertz CT molecular complexity index is 1300. The summed E-state index contributed by atoms with van der Waals surface area (Å²) in [6.45, 7) is 6.09. The van der Waals surface area contributed by atoms with Gasteiger partial charge in [-0.1, -0.05) is 0 Å². The highest BCUT2D eigenvalue weighted by Gasteiger charge is 2.13. The van der Waals surface area contributed by atoms with E-state index in [2.05, 4.69) is 51.4 Å². The summed E-state index contributed by atoms with van der Waals surface area (Å²) in [7, 11) is 0. The van der Waals surface area contributed by atoms with E-state index in [1.807, 2.05) is 24.3 Å². The number of nitrogens with zero attached hydrogens (tertiary/aromatic N) is 3. The lowest BCUT2D eigenvalue weighted by atomic mass is 10.1. The topological polar surface area (TPSA) is 77.0 Å². The minimum Gasteiger partial charge on any atom is -0.492 e. The van der Waals surface area contributed by atoms with Crippen LogP contribution in [0.3, 0.4) is 0 Å². The molecule has 2 aromatic carbocycles. The summed E-state index contributed by atoms with van der Waals surface area (Å²) >= 11 is 0. The van der Waals surface area contributed by atoms with Gasteiger partial charge in [-0.2, -0.15) is 5.26 Å². The predicted octanol–water partition coefficient (Wildman–Crippen LogP) is 5.93. The summed E-state index contributed by atoms with van der Waals surface area (Å²) in [5, 5.41) is 15.3. The number of H-pyrrole nitrogens is 1. The lowest BCUT2D eigenvalue weighted by Crippen LogP contribution is -2.22. The van der Waals surface area contributed by atoms with Crippen molar-refractivity contribution < 1.29 is 4.74 Å². The Labute approximate surface area is 200 Å². The zero-order chi connectivity index (χ0) is 21.9. The Balaban J connectivity index is 0.00000259. The summed E-state index contributed by atoms with van der Waals surface area (Å²) in [5.74, 6) is 0.607. The average Bonchev–Trinajstić information content (AvgIpc) is 3.44. The molecule has 2 N–H and O–H groups in total. The number of anilines is 2. The number of benzene rings is 2. The molecule has 2 aromatic heterocycles. The zero-order valence-corrected chi connectivity index (χ0v) is 19.5. The number of fused-ring (bicyclic) bond motifs is 2. The van der Waals surface area contributed by atoms with Crippen molar-refractivity contribution in [3.8, 4) is 11.8 Å². The number of hydrogen-bond donors (Lipinski definition) is 2. The Hall–Kier alpha value is -3.27. The molecule has 0 amide bonds. The van der Waals surface area contributed by atoms with Crippen molar-refractivity contribution in [1.29, 1.82) is 5.26 Å². The van der Waals surface area contributed by atoms with Crippen LogP contribution in [0.5, 0.6) is 5.75 Å². The Morgan fingerprint density at radius 3 is 2.82 bits per heavy atom. The van der Waals surface area contributed by atoms with E-state index in [9.17, 15) is 5.26 Å². The van der Waals surface area contributed by atoms with Crippen molar-refractivity contribution in [2.75, 3.05) is 31.6 Å².